The van der Waals surface area contributed by atoms with Crippen LogP contribution >= 0.6 is 23.2 Å². The van der Waals surface area contributed by atoms with Crippen LogP contribution in [0.15, 0.2) is 18.2 Å². The van der Waals surface area contributed by atoms with Crippen molar-refractivity contribution in [3.8, 4) is 0 Å². The highest BCUT2D eigenvalue weighted by atomic mass is 35.5. The second-order valence-electron chi connectivity index (χ2n) is 3.07. The molecule has 0 radical (unpaired) electrons. The molecule has 0 amide bonds. The summed E-state index contributed by atoms with van der Waals surface area (Å²) in [4.78, 5) is 0. The molecule has 0 fully saturated rings. The first kappa shape index (κ1) is 11.8. The molecule has 14 heavy (non-hydrogen) atoms. The van der Waals surface area contributed by atoms with Crippen molar-refractivity contribution < 1.29 is 5.11 Å². The van der Waals surface area contributed by atoms with Crippen molar-refractivity contribution in [3.05, 3.63) is 33.8 Å². The Morgan fingerprint density at radius 3 is 2.71 bits per heavy atom. The smallest absolute Gasteiger partial charge is 0.0556 e. The monoisotopic (exact) mass is 233 g/mol. The van der Waals surface area contributed by atoms with E-state index in [4.69, 9.17) is 28.3 Å². The minimum atomic E-state index is 0.118. The van der Waals surface area contributed by atoms with Crippen molar-refractivity contribution in [2.45, 2.75) is 13.0 Å². The second kappa shape index (κ2) is 5.56. The Morgan fingerprint density at radius 2 is 2.14 bits per heavy atom. The molecule has 2 nitrogen and oxygen atoms in total. The number of aliphatic hydroxyl groups is 1. The van der Waals surface area contributed by atoms with Crippen LogP contribution < -0.4 is 5.32 Å². The van der Waals surface area contributed by atoms with E-state index in [1.165, 1.54) is 0 Å². The zero-order chi connectivity index (χ0) is 10.6. The van der Waals surface area contributed by atoms with Crippen molar-refractivity contribution in [3.63, 3.8) is 0 Å². The largest absolute Gasteiger partial charge is 0.395 e. The van der Waals surface area contributed by atoms with Gasteiger partial charge in [-0.25, -0.2) is 0 Å². The van der Waals surface area contributed by atoms with Crippen LogP contribution in [0.4, 0.5) is 0 Å². The summed E-state index contributed by atoms with van der Waals surface area (Å²) in [6.07, 6.45) is 0. The van der Waals surface area contributed by atoms with Gasteiger partial charge in [0.15, 0.2) is 0 Å². The van der Waals surface area contributed by atoms with Gasteiger partial charge < -0.3 is 10.4 Å². The lowest BCUT2D eigenvalue weighted by atomic mass is 10.1. The Hall–Kier alpha value is -0.280. The van der Waals surface area contributed by atoms with E-state index in [-0.39, 0.29) is 12.6 Å². The average Bonchev–Trinajstić information content (AvgIpc) is 2.14. The molecule has 78 valence electrons. The molecule has 0 spiro atoms. The first-order valence-electron chi connectivity index (χ1n) is 4.44. The Bertz CT molecular complexity index is 304. The molecule has 0 aliphatic carbocycles. The van der Waals surface area contributed by atoms with Crippen LogP contribution in [0.2, 0.25) is 10.0 Å². The second-order valence-corrected chi connectivity index (χ2v) is 3.91. The van der Waals surface area contributed by atoms with Crippen LogP contribution in [0.3, 0.4) is 0 Å². The fourth-order valence-corrected chi connectivity index (χ4v) is 1.82. The van der Waals surface area contributed by atoms with E-state index < -0.39 is 0 Å². The van der Waals surface area contributed by atoms with Gasteiger partial charge in [-0.05, 0) is 24.6 Å². The van der Waals surface area contributed by atoms with Crippen molar-refractivity contribution in [2.75, 3.05) is 13.2 Å². The summed E-state index contributed by atoms with van der Waals surface area (Å²) >= 11 is 11.8. The zero-order valence-electron chi connectivity index (χ0n) is 7.93. The first-order chi connectivity index (χ1) is 6.65. The van der Waals surface area contributed by atoms with Gasteiger partial charge in [0, 0.05) is 22.6 Å². The summed E-state index contributed by atoms with van der Waals surface area (Å²) in [5, 5.41) is 13.1. The van der Waals surface area contributed by atoms with Gasteiger partial charge in [0.1, 0.15) is 0 Å². The van der Waals surface area contributed by atoms with Crippen LogP contribution in [-0.4, -0.2) is 18.3 Å². The van der Waals surface area contributed by atoms with Gasteiger partial charge in [-0.3, -0.25) is 0 Å². The molecule has 0 saturated carbocycles. The number of aliphatic hydroxyl groups excluding tert-OH is 1. The molecule has 4 heteroatoms. The molecule has 0 aliphatic heterocycles. The summed E-state index contributed by atoms with van der Waals surface area (Å²) in [6.45, 7) is 2.67. The first-order valence-corrected chi connectivity index (χ1v) is 5.20. The molecule has 1 aromatic rings. The molecular formula is C10H13Cl2NO. The molecule has 1 aromatic carbocycles. The molecule has 0 heterocycles. The normalized spacial score (nSPS) is 12.9. The summed E-state index contributed by atoms with van der Waals surface area (Å²) < 4.78 is 0. The van der Waals surface area contributed by atoms with E-state index in [2.05, 4.69) is 5.32 Å². The maximum absolute atomic E-state index is 8.66. The Balaban J connectivity index is 2.74. The van der Waals surface area contributed by atoms with Gasteiger partial charge in [-0.15, -0.1) is 0 Å². The van der Waals surface area contributed by atoms with E-state index in [0.717, 1.165) is 5.56 Å². The quantitative estimate of drug-likeness (QED) is 0.839. The molecule has 0 saturated heterocycles. The summed E-state index contributed by atoms with van der Waals surface area (Å²) in [5.41, 5.74) is 0.990. The lowest BCUT2D eigenvalue weighted by Gasteiger charge is -2.14. The van der Waals surface area contributed by atoms with Gasteiger partial charge in [0.2, 0.25) is 0 Å². The molecule has 1 atom stereocenters. The zero-order valence-corrected chi connectivity index (χ0v) is 9.44. The Kier molecular flexibility index (Phi) is 4.69. The highest BCUT2D eigenvalue weighted by Gasteiger charge is 2.08. The van der Waals surface area contributed by atoms with E-state index in [1.807, 2.05) is 13.0 Å². The Labute approximate surface area is 93.8 Å². The number of halogens is 2. The van der Waals surface area contributed by atoms with E-state index in [9.17, 15) is 0 Å². The van der Waals surface area contributed by atoms with Crippen LogP contribution in [0.1, 0.15) is 18.5 Å². The van der Waals surface area contributed by atoms with Gasteiger partial charge in [0.25, 0.3) is 0 Å². The number of hydrogen-bond donors (Lipinski definition) is 2. The number of benzene rings is 1. The molecule has 0 aliphatic rings. The SMILES string of the molecule is C[C@@H](NCCO)c1ccc(Cl)cc1Cl. The molecule has 1 rings (SSSR count). The van der Waals surface area contributed by atoms with Crippen LogP contribution in [0.25, 0.3) is 0 Å². The highest BCUT2D eigenvalue weighted by Crippen LogP contribution is 2.25. The van der Waals surface area contributed by atoms with Crippen molar-refractivity contribution in [2.24, 2.45) is 0 Å². The third kappa shape index (κ3) is 3.14. The van der Waals surface area contributed by atoms with Crippen LogP contribution in [-0.2, 0) is 0 Å². The molecular weight excluding hydrogens is 221 g/mol. The van der Waals surface area contributed by atoms with Crippen molar-refractivity contribution >= 4 is 23.2 Å². The fraction of sp³-hybridized carbons (Fsp3) is 0.400. The summed E-state index contributed by atoms with van der Waals surface area (Å²) in [5.74, 6) is 0. The number of hydrogen-bond acceptors (Lipinski definition) is 2. The van der Waals surface area contributed by atoms with E-state index in [1.54, 1.807) is 12.1 Å². The summed E-state index contributed by atoms with van der Waals surface area (Å²) in [7, 11) is 0. The van der Waals surface area contributed by atoms with Gasteiger partial charge in [-0.2, -0.15) is 0 Å². The minimum absolute atomic E-state index is 0.118. The average molecular weight is 234 g/mol. The molecule has 0 aromatic heterocycles. The van der Waals surface area contributed by atoms with Crippen LogP contribution in [0, 0.1) is 0 Å². The van der Waals surface area contributed by atoms with Crippen molar-refractivity contribution in [1.29, 1.82) is 0 Å². The van der Waals surface area contributed by atoms with Crippen molar-refractivity contribution in [1.82, 2.24) is 5.32 Å². The number of nitrogens with one attached hydrogen (secondary N) is 1. The predicted molar refractivity (Wildman–Crippen MR) is 60.0 cm³/mol. The van der Waals surface area contributed by atoms with Crippen LogP contribution in [0.5, 0.6) is 0 Å². The predicted octanol–water partition coefficient (Wildman–Crippen LogP) is 2.64. The Morgan fingerprint density at radius 1 is 1.43 bits per heavy atom. The highest BCUT2D eigenvalue weighted by molar-refractivity contribution is 6.35. The summed E-state index contributed by atoms with van der Waals surface area (Å²) in [6, 6.07) is 5.53. The van der Waals surface area contributed by atoms with E-state index >= 15 is 0 Å². The van der Waals surface area contributed by atoms with Gasteiger partial charge in [-0.1, -0.05) is 29.3 Å². The fourth-order valence-electron chi connectivity index (χ4n) is 1.24. The molecule has 0 bridgehead atoms. The molecule has 0 unspecified atom stereocenters. The number of rotatable bonds is 4. The minimum Gasteiger partial charge on any atom is -0.395 e. The maximum Gasteiger partial charge on any atom is 0.0556 e. The molecule has 2 N–H and O–H groups in total. The topological polar surface area (TPSA) is 32.3 Å². The van der Waals surface area contributed by atoms with Gasteiger partial charge >= 0.3 is 0 Å². The maximum atomic E-state index is 8.66. The lowest BCUT2D eigenvalue weighted by molar-refractivity contribution is 0.286. The van der Waals surface area contributed by atoms with E-state index in [0.29, 0.717) is 16.6 Å². The lowest BCUT2D eigenvalue weighted by Crippen LogP contribution is -2.22. The van der Waals surface area contributed by atoms with Gasteiger partial charge in [0.05, 0.1) is 6.61 Å². The third-order valence-corrected chi connectivity index (χ3v) is 2.55. The third-order valence-electron chi connectivity index (χ3n) is 1.99. The standard InChI is InChI=1S/C10H13Cl2NO/c1-7(13-4-5-14)9-3-2-8(11)6-10(9)12/h2-3,6-7,13-14H,4-5H2,1H3/t7-/m1/s1.